The van der Waals surface area contributed by atoms with Crippen molar-refractivity contribution in [3.05, 3.63) is 80.9 Å². The monoisotopic (exact) mass is 602 g/mol. The molecule has 1 heterocycles. The molecule has 0 radical (unpaired) electrons. The highest BCUT2D eigenvalue weighted by Gasteiger charge is 2.31. The number of thiocarbonyl (C=S) groups is 1. The predicted molar refractivity (Wildman–Crippen MR) is 154 cm³/mol. The standard InChI is InChI=1S/C28H31IN2O3S/c1-18(2)19-5-11-23(12-6-19)34-17-25-24-16-27(33-4)26(32-3)15-20(24)13-14-31(25)28(35)30-22-9-7-21(29)8-10-22/h5-12,15-16,18,25H,13-14,17H2,1-4H3,(H,30,35). The summed E-state index contributed by atoms with van der Waals surface area (Å²) in [4.78, 5) is 2.21. The maximum absolute atomic E-state index is 6.31. The van der Waals surface area contributed by atoms with Crippen LogP contribution in [0.25, 0.3) is 0 Å². The van der Waals surface area contributed by atoms with Crippen molar-refractivity contribution in [1.29, 1.82) is 0 Å². The fraction of sp³-hybridized carbons (Fsp3) is 0.321. The van der Waals surface area contributed by atoms with Crippen molar-refractivity contribution in [3.63, 3.8) is 0 Å². The van der Waals surface area contributed by atoms with Crippen molar-refractivity contribution < 1.29 is 14.2 Å². The molecule has 0 amide bonds. The lowest BCUT2D eigenvalue weighted by Crippen LogP contribution is -2.44. The lowest BCUT2D eigenvalue weighted by Gasteiger charge is -2.39. The average molecular weight is 603 g/mol. The molecule has 35 heavy (non-hydrogen) atoms. The highest BCUT2D eigenvalue weighted by molar-refractivity contribution is 14.1. The van der Waals surface area contributed by atoms with Crippen LogP contribution in [0.3, 0.4) is 0 Å². The van der Waals surface area contributed by atoms with E-state index in [1.165, 1.54) is 14.7 Å². The number of nitrogens with one attached hydrogen (secondary N) is 1. The Bertz CT molecular complexity index is 1170. The Kier molecular flexibility index (Phi) is 8.38. The molecular weight excluding hydrogens is 571 g/mol. The Morgan fingerprint density at radius 2 is 1.69 bits per heavy atom. The summed E-state index contributed by atoms with van der Waals surface area (Å²) in [6, 6.07) is 20.6. The number of hydrogen-bond acceptors (Lipinski definition) is 4. The molecule has 0 aliphatic carbocycles. The van der Waals surface area contributed by atoms with Gasteiger partial charge in [0, 0.05) is 15.8 Å². The van der Waals surface area contributed by atoms with E-state index in [2.05, 4.69) is 83.1 Å². The van der Waals surface area contributed by atoms with E-state index in [0.29, 0.717) is 23.4 Å². The van der Waals surface area contributed by atoms with Gasteiger partial charge >= 0.3 is 0 Å². The third kappa shape index (κ3) is 6.01. The summed E-state index contributed by atoms with van der Waals surface area (Å²) in [6.07, 6.45) is 0.851. The van der Waals surface area contributed by atoms with Gasteiger partial charge in [-0.1, -0.05) is 26.0 Å². The SMILES string of the molecule is COc1cc2c(cc1OC)C(COc1ccc(C(C)C)cc1)N(C(=S)Nc1ccc(I)cc1)CC2. The van der Waals surface area contributed by atoms with E-state index in [9.17, 15) is 0 Å². The first kappa shape index (κ1) is 25.6. The summed E-state index contributed by atoms with van der Waals surface area (Å²) >= 11 is 8.18. The second-order valence-corrected chi connectivity index (χ2v) is 10.5. The van der Waals surface area contributed by atoms with Gasteiger partial charge in [0.2, 0.25) is 0 Å². The summed E-state index contributed by atoms with van der Waals surface area (Å²) in [5.41, 5.74) is 4.62. The zero-order chi connectivity index (χ0) is 24.9. The fourth-order valence-electron chi connectivity index (χ4n) is 4.30. The molecule has 3 aromatic carbocycles. The summed E-state index contributed by atoms with van der Waals surface area (Å²) in [5.74, 6) is 2.77. The van der Waals surface area contributed by atoms with Gasteiger partial charge in [0.1, 0.15) is 12.4 Å². The summed E-state index contributed by atoms with van der Waals surface area (Å²) in [5, 5.41) is 4.09. The molecular formula is C28H31IN2O3S. The maximum Gasteiger partial charge on any atom is 0.174 e. The van der Waals surface area contributed by atoms with Crippen LogP contribution in [0.1, 0.15) is 42.5 Å². The molecule has 1 unspecified atom stereocenters. The normalized spacial score (nSPS) is 14.9. The topological polar surface area (TPSA) is 43.0 Å². The minimum Gasteiger partial charge on any atom is -0.493 e. The molecule has 1 N–H and O–H groups in total. The maximum atomic E-state index is 6.31. The van der Waals surface area contributed by atoms with E-state index < -0.39 is 0 Å². The molecule has 4 rings (SSSR count). The number of ether oxygens (including phenoxy) is 3. The van der Waals surface area contributed by atoms with Crippen LogP contribution in [-0.2, 0) is 6.42 Å². The first-order chi connectivity index (χ1) is 16.9. The summed E-state index contributed by atoms with van der Waals surface area (Å²) < 4.78 is 18.7. The summed E-state index contributed by atoms with van der Waals surface area (Å²) in [7, 11) is 3.33. The molecule has 0 saturated carbocycles. The number of halogens is 1. The quantitative estimate of drug-likeness (QED) is 0.237. The van der Waals surface area contributed by atoms with Crippen LogP contribution in [0.5, 0.6) is 17.2 Å². The third-order valence-electron chi connectivity index (χ3n) is 6.31. The van der Waals surface area contributed by atoms with Crippen molar-refractivity contribution in [3.8, 4) is 17.2 Å². The van der Waals surface area contributed by atoms with Gasteiger partial charge in [-0.3, -0.25) is 0 Å². The fourth-order valence-corrected chi connectivity index (χ4v) is 5.00. The molecule has 0 saturated heterocycles. The van der Waals surface area contributed by atoms with Gasteiger partial charge in [-0.05, 0) is 112 Å². The Morgan fingerprint density at radius 1 is 1.03 bits per heavy atom. The van der Waals surface area contributed by atoms with E-state index in [1.54, 1.807) is 14.2 Å². The lowest BCUT2D eigenvalue weighted by atomic mass is 9.92. The van der Waals surface area contributed by atoms with Crippen LogP contribution in [0.15, 0.2) is 60.7 Å². The van der Waals surface area contributed by atoms with Crippen molar-refractivity contribution >= 4 is 45.6 Å². The largest absolute Gasteiger partial charge is 0.493 e. The van der Waals surface area contributed by atoms with Gasteiger partial charge in [-0.2, -0.15) is 0 Å². The van der Waals surface area contributed by atoms with E-state index in [1.807, 2.05) is 24.3 Å². The van der Waals surface area contributed by atoms with Crippen molar-refractivity contribution in [1.82, 2.24) is 4.90 Å². The number of methoxy groups -OCH3 is 2. The highest BCUT2D eigenvalue weighted by Crippen LogP contribution is 2.38. The Balaban J connectivity index is 1.62. The van der Waals surface area contributed by atoms with E-state index >= 15 is 0 Å². The van der Waals surface area contributed by atoms with E-state index in [4.69, 9.17) is 26.4 Å². The van der Waals surface area contributed by atoms with Crippen LogP contribution >= 0.6 is 34.8 Å². The third-order valence-corrected chi connectivity index (χ3v) is 7.37. The van der Waals surface area contributed by atoms with Gasteiger partial charge in [0.25, 0.3) is 0 Å². The first-order valence-corrected chi connectivity index (χ1v) is 13.2. The molecule has 5 nitrogen and oxygen atoms in total. The zero-order valence-electron chi connectivity index (χ0n) is 20.5. The minimum absolute atomic E-state index is 0.0767. The molecule has 0 spiro atoms. The first-order valence-electron chi connectivity index (χ1n) is 11.7. The molecule has 0 fully saturated rings. The van der Waals surface area contributed by atoms with E-state index in [0.717, 1.165) is 35.7 Å². The molecule has 184 valence electrons. The van der Waals surface area contributed by atoms with Gasteiger partial charge in [0.15, 0.2) is 16.6 Å². The van der Waals surface area contributed by atoms with Gasteiger partial charge < -0.3 is 24.4 Å². The molecule has 0 aromatic heterocycles. The Morgan fingerprint density at radius 3 is 2.31 bits per heavy atom. The van der Waals surface area contributed by atoms with Crippen molar-refractivity contribution in [2.24, 2.45) is 0 Å². The Labute approximate surface area is 226 Å². The van der Waals surface area contributed by atoms with Crippen molar-refractivity contribution in [2.75, 3.05) is 32.7 Å². The number of anilines is 1. The molecule has 1 aliphatic heterocycles. The molecule has 3 aromatic rings. The second-order valence-electron chi connectivity index (χ2n) is 8.84. The molecule has 1 aliphatic rings. The number of benzene rings is 3. The van der Waals surface area contributed by atoms with Crippen LogP contribution in [0.2, 0.25) is 0 Å². The zero-order valence-corrected chi connectivity index (χ0v) is 23.5. The van der Waals surface area contributed by atoms with Crippen molar-refractivity contribution in [2.45, 2.75) is 32.2 Å². The highest BCUT2D eigenvalue weighted by atomic mass is 127. The lowest BCUT2D eigenvalue weighted by molar-refractivity contribution is 0.190. The molecule has 7 heteroatoms. The number of rotatable bonds is 7. The average Bonchev–Trinajstić information content (AvgIpc) is 2.87. The summed E-state index contributed by atoms with van der Waals surface area (Å²) in [6.45, 7) is 5.61. The Hall–Kier alpha value is -2.52. The molecule has 1 atom stereocenters. The van der Waals surface area contributed by atoms with Crippen LogP contribution < -0.4 is 19.5 Å². The number of fused-ring (bicyclic) bond motifs is 1. The number of nitrogens with zero attached hydrogens (tertiary/aromatic N) is 1. The van der Waals surface area contributed by atoms with E-state index in [-0.39, 0.29) is 6.04 Å². The predicted octanol–water partition coefficient (Wildman–Crippen LogP) is 6.81. The number of hydrogen-bond donors (Lipinski definition) is 1. The van der Waals surface area contributed by atoms with Gasteiger partial charge in [-0.25, -0.2) is 0 Å². The second kappa shape index (κ2) is 11.5. The minimum atomic E-state index is -0.0767. The van der Waals surface area contributed by atoms with Crippen LogP contribution in [-0.4, -0.2) is 37.4 Å². The smallest absolute Gasteiger partial charge is 0.174 e. The van der Waals surface area contributed by atoms with Crippen LogP contribution in [0, 0.1) is 3.57 Å². The van der Waals surface area contributed by atoms with Crippen LogP contribution in [0.4, 0.5) is 5.69 Å². The van der Waals surface area contributed by atoms with Gasteiger partial charge in [-0.15, -0.1) is 0 Å². The van der Waals surface area contributed by atoms with Gasteiger partial charge in [0.05, 0.1) is 20.3 Å². The molecule has 0 bridgehead atoms.